The van der Waals surface area contributed by atoms with Gasteiger partial charge in [0.1, 0.15) is 11.8 Å². The Hall–Kier alpha value is -3.48. The summed E-state index contributed by atoms with van der Waals surface area (Å²) in [6, 6.07) is 26.5. The van der Waals surface area contributed by atoms with E-state index in [2.05, 4.69) is 5.43 Å². The second-order valence-electron chi connectivity index (χ2n) is 8.21. The van der Waals surface area contributed by atoms with E-state index in [0.29, 0.717) is 13.1 Å². The molecule has 3 aromatic carbocycles. The zero-order valence-electron chi connectivity index (χ0n) is 17.8. The molecule has 162 valence electrons. The molecule has 3 atom stereocenters. The normalized spacial score (nSPS) is 22.9. The number of nitrogens with one attached hydrogen (secondary N) is 1. The van der Waals surface area contributed by atoms with Crippen LogP contribution in [0.5, 0.6) is 5.75 Å². The first-order valence-corrected chi connectivity index (χ1v) is 10.8. The Morgan fingerprint density at radius 1 is 0.781 bits per heavy atom. The number of ether oxygens (including phenoxy) is 1. The first-order chi connectivity index (χ1) is 15.7. The van der Waals surface area contributed by atoms with Crippen LogP contribution in [0, 0.1) is 5.92 Å². The lowest BCUT2D eigenvalue weighted by atomic mass is 9.91. The molecule has 3 aromatic rings. The topological polar surface area (TPSA) is 61.9 Å². The second-order valence-corrected chi connectivity index (χ2v) is 8.21. The van der Waals surface area contributed by atoms with Crippen molar-refractivity contribution in [3.05, 3.63) is 102 Å². The van der Waals surface area contributed by atoms with Crippen molar-refractivity contribution in [3.63, 3.8) is 0 Å². The molecule has 0 saturated carbocycles. The van der Waals surface area contributed by atoms with Gasteiger partial charge in [0.25, 0.3) is 0 Å². The fraction of sp³-hybridized carbons (Fsp3) is 0.231. The van der Waals surface area contributed by atoms with E-state index in [1.807, 2.05) is 89.9 Å². The van der Waals surface area contributed by atoms with Crippen LogP contribution in [0.4, 0.5) is 0 Å². The molecule has 2 aliphatic heterocycles. The summed E-state index contributed by atoms with van der Waals surface area (Å²) >= 11 is 0. The van der Waals surface area contributed by atoms with Gasteiger partial charge in [-0.3, -0.25) is 14.5 Å². The van der Waals surface area contributed by atoms with Crippen LogP contribution in [0.3, 0.4) is 0 Å². The maximum absolute atomic E-state index is 13.5. The molecule has 5 rings (SSSR count). The summed E-state index contributed by atoms with van der Waals surface area (Å²) in [6.07, 6.45) is 0. The average Bonchev–Trinajstić information content (AvgIpc) is 3.32. The molecule has 1 N–H and O–H groups in total. The number of carbonyl (C=O) groups is 2. The van der Waals surface area contributed by atoms with Gasteiger partial charge in [-0.1, -0.05) is 72.8 Å². The van der Waals surface area contributed by atoms with Crippen LogP contribution in [-0.2, 0) is 22.7 Å². The number of nitrogens with zero attached hydrogens (tertiary/aromatic N) is 2. The van der Waals surface area contributed by atoms with E-state index in [0.717, 1.165) is 22.4 Å². The SMILES string of the molecule is COc1ccc([C@@H]2NN(Cc3ccccc3)[C@H]3C(=O)N(Cc4ccccc4)C(=O)[C@@H]23)cc1. The van der Waals surface area contributed by atoms with Gasteiger partial charge in [-0.25, -0.2) is 10.4 Å². The second kappa shape index (κ2) is 8.57. The molecular weight excluding hydrogens is 402 g/mol. The number of imide groups is 1. The molecule has 0 radical (unpaired) electrons. The molecular formula is C26H25N3O3. The van der Waals surface area contributed by atoms with Crippen LogP contribution in [0.2, 0.25) is 0 Å². The highest BCUT2D eigenvalue weighted by Gasteiger charge is 2.58. The zero-order chi connectivity index (χ0) is 22.1. The monoisotopic (exact) mass is 427 g/mol. The lowest BCUT2D eigenvalue weighted by Gasteiger charge is -2.25. The molecule has 0 bridgehead atoms. The number of likely N-dealkylation sites (tertiary alicyclic amines) is 1. The minimum atomic E-state index is -0.543. The summed E-state index contributed by atoms with van der Waals surface area (Å²) in [5, 5.41) is 1.93. The lowest BCUT2D eigenvalue weighted by molar-refractivity contribution is -0.142. The van der Waals surface area contributed by atoms with Crippen LogP contribution in [0.25, 0.3) is 0 Å². The number of fused-ring (bicyclic) bond motifs is 1. The van der Waals surface area contributed by atoms with Crippen LogP contribution in [0.15, 0.2) is 84.9 Å². The Morgan fingerprint density at radius 3 is 1.97 bits per heavy atom. The Morgan fingerprint density at radius 2 is 1.38 bits per heavy atom. The van der Waals surface area contributed by atoms with E-state index >= 15 is 0 Å². The van der Waals surface area contributed by atoms with E-state index < -0.39 is 12.0 Å². The molecule has 0 aromatic heterocycles. The minimum absolute atomic E-state index is 0.132. The standard InChI is InChI=1S/C26H25N3O3/c1-32-21-14-12-20(13-15-21)23-22-24(29(27-23)17-19-10-6-3-7-11-19)26(31)28(25(22)30)16-18-8-4-2-5-9-18/h2-15,22-24,27H,16-17H2,1H3/t22-,23-,24+/m0/s1. The Labute approximate surface area is 187 Å². The van der Waals surface area contributed by atoms with E-state index in [-0.39, 0.29) is 17.9 Å². The number of carbonyl (C=O) groups excluding carboxylic acids is 2. The van der Waals surface area contributed by atoms with Gasteiger partial charge in [0.05, 0.1) is 25.6 Å². The van der Waals surface area contributed by atoms with Gasteiger partial charge < -0.3 is 4.74 Å². The maximum atomic E-state index is 13.5. The number of methoxy groups -OCH3 is 1. The highest BCUT2D eigenvalue weighted by atomic mass is 16.5. The highest BCUT2D eigenvalue weighted by Crippen LogP contribution is 2.41. The number of amides is 2. The Balaban J connectivity index is 1.48. The van der Waals surface area contributed by atoms with Gasteiger partial charge in [0.2, 0.25) is 11.8 Å². The summed E-state index contributed by atoms with van der Waals surface area (Å²) in [6.45, 7) is 0.826. The molecule has 2 heterocycles. The molecule has 32 heavy (non-hydrogen) atoms. The summed E-state index contributed by atoms with van der Waals surface area (Å²) in [5.74, 6) is -0.0108. The smallest absolute Gasteiger partial charge is 0.249 e. The Kier molecular flexibility index (Phi) is 5.47. The van der Waals surface area contributed by atoms with Gasteiger partial charge in [-0.2, -0.15) is 0 Å². The lowest BCUT2D eigenvalue weighted by Crippen LogP contribution is -2.44. The number of hydrogen-bond acceptors (Lipinski definition) is 5. The number of benzene rings is 3. The summed E-state index contributed by atoms with van der Waals surface area (Å²) in [4.78, 5) is 28.4. The molecule has 2 aliphatic rings. The summed E-state index contributed by atoms with van der Waals surface area (Å²) in [7, 11) is 1.63. The van der Waals surface area contributed by atoms with Gasteiger partial charge in [-0.05, 0) is 28.8 Å². The van der Waals surface area contributed by atoms with Crippen molar-refractivity contribution in [2.45, 2.75) is 25.2 Å². The van der Waals surface area contributed by atoms with E-state index in [9.17, 15) is 9.59 Å². The molecule has 2 amide bonds. The maximum Gasteiger partial charge on any atom is 0.249 e. The van der Waals surface area contributed by atoms with Crippen LogP contribution in [-0.4, -0.2) is 34.9 Å². The fourth-order valence-corrected chi connectivity index (χ4v) is 4.67. The number of hydrazine groups is 1. The van der Waals surface area contributed by atoms with Crippen molar-refractivity contribution in [3.8, 4) is 5.75 Å². The third-order valence-electron chi connectivity index (χ3n) is 6.26. The van der Waals surface area contributed by atoms with Crippen LogP contribution in [0.1, 0.15) is 22.7 Å². The van der Waals surface area contributed by atoms with Gasteiger partial charge in [0, 0.05) is 6.54 Å². The average molecular weight is 428 g/mol. The van der Waals surface area contributed by atoms with Gasteiger partial charge >= 0.3 is 0 Å². The van der Waals surface area contributed by atoms with Crippen LogP contribution >= 0.6 is 0 Å². The van der Waals surface area contributed by atoms with Crippen molar-refractivity contribution in [2.75, 3.05) is 7.11 Å². The molecule has 0 unspecified atom stereocenters. The minimum Gasteiger partial charge on any atom is -0.497 e. The molecule has 2 fully saturated rings. The summed E-state index contributed by atoms with van der Waals surface area (Å²) < 4.78 is 5.28. The molecule has 6 heteroatoms. The highest BCUT2D eigenvalue weighted by molar-refractivity contribution is 6.07. The first kappa shape index (κ1) is 20.4. The van der Waals surface area contributed by atoms with Gasteiger partial charge in [0.15, 0.2) is 0 Å². The third kappa shape index (κ3) is 3.68. The summed E-state index contributed by atoms with van der Waals surface area (Å²) in [5.41, 5.74) is 6.44. The van der Waals surface area contributed by atoms with Crippen LogP contribution < -0.4 is 10.2 Å². The van der Waals surface area contributed by atoms with Crippen molar-refractivity contribution in [1.82, 2.24) is 15.3 Å². The van der Waals surface area contributed by atoms with E-state index in [1.54, 1.807) is 7.11 Å². The quantitative estimate of drug-likeness (QED) is 0.612. The largest absolute Gasteiger partial charge is 0.497 e. The van der Waals surface area contributed by atoms with Gasteiger partial charge in [-0.15, -0.1) is 0 Å². The molecule has 2 saturated heterocycles. The molecule has 0 aliphatic carbocycles. The number of hydrogen-bond donors (Lipinski definition) is 1. The Bertz CT molecular complexity index is 1100. The fourth-order valence-electron chi connectivity index (χ4n) is 4.67. The zero-order valence-corrected chi connectivity index (χ0v) is 17.8. The predicted octanol–water partition coefficient (Wildman–Crippen LogP) is 3.31. The number of rotatable bonds is 6. The predicted molar refractivity (Wildman–Crippen MR) is 120 cm³/mol. The molecule has 0 spiro atoms. The van der Waals surface area contributed by atoms with Crippen molar-refractivity contribution >= 4 is 11.8 Å². The van der Waals surface area contributed by atoms with E-state index in [4.69, 9.17) is 4.74 Å². The van der Waals surface area contributed by atoms with Crippen molar-refractivity contribution in [1.29, 1.82) is 0 Å². The van der Waals surface area contributed by atoms with E-state index in [1.165, 1.54) is 4.90 Å². The van der Waals surface area contributed by atoms with Crippen molar-refractivity contribution < 1.29 is 14.3 Å². The molecule has 6 nitrogen and oxygen atoms in total. The third-order valence-corrected chi connectivity index (χ3v) is 6.26. The first-order valence-electron chi connectivity index (χ1n) is 10.8. The van der Waals surface area contributed by atoms with Crippen molar-refractivity contribution in [2.24, 2.45) is 5.92 Å².